The van der Waals surface area contributed by atoms with E-state index < -0.39 is 0 Å². The van der Waals surface area contributed by atoms with Crippen LogP contribution >= 0.6 is 11.6 Å². The summed E-state index contributed by atoms with van der Waals surface area (Å²) in [6, 6.07) is 8.28. The summed E-state index contributed by atoms with van der Waals surface area (Å²) in [5, 5.41) is 0.817. The molecular weight excluding hydrogens is 254 g/mol. The van der Waals surface area contributed by atoms with E-state index >= 15 is 0 Å². The van der Waals surface area contributed by atoms with Crippen molar-refractivity contribution < 1.29 is 0 Å². The fraction of sp³-hybridized carbons (Fsp3) is 0.647. The van der Waals surface area contributed by atoms with Crippen molar-refractivity contribution >= 4 is 11.6 Å². The fourth-order valence-corrected chi connectivity index (χ4v) is 3.60. The lowest BCUT2D eigenvalue weighted by molar-refractivity contribution is 0.151. The quantitative estimate of drug-likeness (QED) is 0.822. The van der Waals surface area contributed by atoms with Crippen LogP contribution in [0.3, 0.4) is 0 Å². The molecule has 1 saturated carbocycles. The van der Waals surface area contributed by atoms with Crippen LogP contribution in [-0.2, 0) is 6.42 Å². The molecule has 0 aliphatic heterocycles. The summed E-state index contributed by atoms with van der Waals surface area (Å²) in [5.74, 6) is 0.940. The third-order valence-corrected chi connectivity index (χ3v) is 5.04. The topological polar surface area (TPSA) is 26.0 Å². The van der Waals surface area contributed by atoms with Crippen LogP contribution in [0.1, 0.15) is 51.0 Å². The largest absolute Gasteiger partial charge is 0.330 e. The summed E-state index contributed by atoms with van der Waals surface area (Å²) >= 11 is 5.95. The smallest absolute Gasteiger partial charge is 0.0406 e. The average Bonchev–Trinajstić information content (AvgIpc) is 2.44. The number of hydrogen-bond acceptors (Lipinski definition) is 1. The Bertz CT molecular complexity index is 377. The molecule has 0 aromatic heterocycles. The minimum Gasteiger partial charge on any atom is -0.330 e. The molecule has 1 nitrogen and oxygen atoms in total. The molecule has 0 heterocycles. The number of rotatable bonds is 5. The molecule has 1 aromatic carbocycles. The Kier molecular flexibility index (Phi) is 5.29. The highest BCUT2D eigenvalue weighted by Crippen LogP contribution is 2.42. The summed E-state index contributed by atoms with van der Waals surface area (Å²) in [6.45, 7) is 3.10. The van der Waals surface area contributed by atoms with Crippen LogP contribution in [0, 0.1) is 11.3 Å². The Morgan fingerprint density at radius 1 is 1.21 bits per heavy atom. The number of hydrogen-bond donors (Lipinski definition) is 1. The van der Waals surface area contributed by atoms with Crippen LogP contribution in [0.4, 0.5) is 0 Å². The normalized spacial score (nSPS) is 27.4. The van der Waals surface area contributed by atoms with Crippen molar-refractivity contribution in [1.82, 2.24) is 0 Å². The minimum atomic E-state index is 0.331. The van der Waals surface area contributed by atoms with Gasteiger partial charge >= 0.3 is 0 Å². The molecule has 0 saturated heterocycles. The Balaban J connectivity index is 1.98. The van der Waals surface area contributed by atoms with E-state index in [1.165, 1.54) is 44.1 Å². The summed E-state index contributed by atoms with van der Waals surface area (Å²) in [6.07, 6.45) is 9.11. The monoisotopic (exact) mass is 279 g/mol. The van der Waals surface area contributed by atoms with E-state index in [0.29, 0.717) is 5.41 Å². The van der Waals surface area contributed by atoms with Crippen LogP contribution in [-0.4, -0.2) is 6.54 Å². The SMILES string of the molecule is CCCC1CCC(CN)(Cc2ccc(Cl)cc2)CC1. The summed E-state index contributed by atoms with van der Waals surface area (Å²) in [4.78, 5) is 0. The molecule has 1 aromatic rings. The zero-order valence-electron chi connectivity index (χ0n) is 12.0. The zero-order valence-corrected chi connectivity index (χ0v) is 12.8. The second-order valence-corrected chi connectivity index (χ2v) is 6.68. The van der Waals surface area contributed by atoms with Crippen LogP contribution in [0.15, 0.2) is 24.3 Å². The van der Waals surface area contributed by atoms with E-state index in [1.54, 1.807) is 0 Å². The molecule has 0 amide bonds. The second-order valence-electron chi connectivity index (χ2n) is 6.24. The van der Waals surface area contributed by atoms with Gasteiger partial charge in [0.1, 0.15) is 0 Å². The highest BCUT2D eigenvalue weighted by molar-refractivity contribution is 6.30. The van der Waals surface area contributed by atoms with Gasteiger partial charge in [-0.05, 0) is 67.7 Å². The first-order valence-electron chi connectivity index (χ1n) is 7.62. The number of halogens is 1. The van der Waals surface area contributed by atoms with Gasteiger partial charge in [0.15, 0.2) is 0 Å². The second kappa shape index (κ2) is 6.76. The highest BCUT2D eigenvalue weighted by Gasteiger charge is 2.33. The molecule has 2 N–H and O–H groups in total. The van der Waals surface area contributed by atoms with E-state index in [4.69, 9.17) is 17.3 Å². The maximum atomic E-state index is 6.11. The predicted octanol–water partition coefficient (Wildman–Crippen LogP) is 4.82. The minimum absolute atomic E-state index is 0.331. The summed E-state index contributed by atoms with van der Waals surface area (Å²) in [7, 11) is 0. The molecule has 2 rings (SSSR count). The van der Waals surface area contributed by atoms with Gasteiger partial charge in [0.05, 0.1) is 0 Å². The molecule has 0 radical (unpaired) electrons. The van der Waals surface area contributed by atoms with Gasteiger partial charge in [0.2, 0.25) is 0 Å². The van der Waals surface area contributed by atoms with Crippen molar-refractivity contribution in [2.45, 2.75) is 51.9 Å². The molecule has 1 aliphatic rings. The molecular formula is C17H26ClN. The van der Waals surface area contributed by atoms with Crippen LogP contribution < -0.4 is 5.73 Å². The maximum absolute atomic E-state index is 6.11. The van der Waals surface area contributed by atoms with Crippen molar-refractivity contribution in [3.8, 4) is 0 Å². The molecule has 0 spiro atoms. The Morgan fingerprint density at radius 3 is 2.37 bits per heavy atom. The van der Waals surface area contributed by atoms with Crippen molar-refractivity contribution in [3.63, 3.8) is 0 Å². The standard InChI is InChI=1S/C17H26ClN/c1-2-3-14-8-10-17(13-19,11-9-14)12-15-4-6-16(18)7-5-15/h4-7,14H,2-3,8-13,19H2,1H3. The first-order chi connectivity index (χ1) is 9.17. The maximum Gasteiger partial charge on any atom is 0.0406 e. The lowest BCUT2D eigenvalue weighted by Gasteiger charge is -2.39. The Labute approximate surface area is 122 Å². The van der Waals surface area contributed by atoms with Gasteiger partial charge in [0, 0.05) is 5.02 Å². The van der Waals surface area contributed by atoms with E-state index in [2.05, 4.69) is 19.1 Å². The predicted molar refractivity (Wildman–Crippen MR) is 83.5 cm³/mol. The van der Waals surface area contributed by atoms with Crippen LogP contribution in [0.25, 0.3) is 0 Å². The van der Waals surface area contributed by atoms with E-state index in [9.17, 15) is 0 Å². The Morgan fingerprint density at radius 2 is 1.84 bits per heavy atom. The molecule has 2 heteroatoms. The Hall–Kier alpha value is -0.530. The van der Waals surface area contributed by atoms with E-state index in [0.717, 1.165) is 23.9 Å². The summed E-state index contributed by atoms with van der Waals surface area (Å²) in [5.41, 5.74) is 7.82. The lowest BCUT2D eigenvalue weighted by atomic mass is 9.67. The van der Waals surface area contributed by atoms with Gasteiger partial charge < -0.3 is 5.73 Å². The average molecular weight is 280 g/mol. The number of nitrogens with two attached hydrogens (primary N) is 1. The van der Waals surface area contributed by atoms with Crippen LogP contribution in [0.5, 0.6) is 0 Å². The van der Waals surface area contributed by atoms with Gasteiger partial charge in [-0.3, -0.25) is 0 Å². The lowest BCUT2D eigenvalue weighted by Crippen LogP contribution is -2.36. The zero-order chi connectivity index (χ0) is 13.7. The molecule has 19 heavy (non-hydrogen) atoms. The molecule has 1 aliphatic carbocycles. The number of benzene rings is 1. The van der Waals surface area contributed by atoms with Gasteiger partial charge in [0.25, 0.3) is 0 Å². The highest BCUT2D eigenvalue weighted by atomic mass is 35.5. The van der Waals surface area contributed by atoms with E-state index in [1.807, 2.05) is 12.1 Å². The third-order valence-electron chi connectivity index (χ3n) is 4.79. The van der Waals surface area contributed by atoms with Gasteiger partial charge in [-0.1, -0.05) is 43.5 Å². The van der Waals surface area contributed by atoms with Gasteiger partial charge in [-0.15, -0.1) is 0 Å². The van der Waals surface area contributed by atoms with Crippen molar-refractivity contribution in [3.05, 3.63) is 34.9 Å². The molecule has 106 valence electrons. The van der Waals surface area contributed by atoms with Gasteiger partial charge in [-0.2, -0.15) is 0 Å². The van der Waals surface area contributed by atoms with Gasteiger partial charge in [-0.25, -0.2) is 0 Å². The first kappa shape index (κ1) is 14.9. The fourth-order valence-electron chi connectivity index (χ4n) is 3.48. The molecule has 1 fully saturated rings. The third kappa shape index (κ3) is 3.97. The molecule has 0 unspecified atom stereocenters. The first-order valence-corrected chi connectivity index (χ1v) is 8.00. The molecule has 0 bridgehead atoms. The summed E-state index contributed by atoms with van der Waals surface area (Å²) < 4.78 is 0. The van der Waals surface area contributed by atoms with Crippen molar-refractivity contribution in [2.24, 2.45) is 17.1 Å². The van der Waals surface area contributed by atoms with Crippen LogP contribution in [0.2, 0.25) is 5.02 Å². The van der Waals surface area contributed by atoms with Crippen molar-refractivity contribution in [2.75, 3.05) is 6.54 Å². The molecule has 0 atom stereocenters. The van der Waals surface area contributed by atoms with Crippen molar-refractivity contribution in [1.29, 1.82) is 0 Å². The van der Waals surface area contributed by atoms with E-state index in [-0.39, 0.29) is 0 Å².